The topological polar surface area (TPSA) is 75.7 Å². The van der Waals surface area contributed by atoms with Crippen LogP contribution in [0.1, 0.15) is 36.8 Å². The number of nitrogens with one attached hydrogen (secondary N) is 1. The highest BCUT2D eigenvalue weighted by atomic mass is 32.2. The Labute approximate surface area is 183 Å². The van der Waals surface area contributed by atoms with Crippen molar-refractivity contribution in [2.45, 2.75) is 50.5 Å². The van der Waals surface area contributed by atoms with Gasteiger partial charge in [-0.2, -0.15) is 4.31 Å². The van der Waals surface area contributed by atoms with Crippen molar-refractivity contribution in [2.24, 2.45) is 0 Å². The molecular weight excluding hydrogens is 419 g/mol. The van der Waals surface area contributed by atoms with Gasteiger partial charge in [0.1, 0.15) is 11.6 Å². The van der Waals surface area contributed by atoms with Gasteiger partial charge < -0.3 is 10.1 Å². The highest BCUT2D eigenvalue weighted by Gasteiger charge is 2.29. The van der Waals surface area contributed by atoms with E-state index in [9.17, 15) is 17.6 Å². The monoisotopic (exact) mass is 448 g/mol. The number of hydrogen-bond donors (Lipinski definition) is 1. The van der Waals surface area contributed by atoms with Crippen LogP contribution in [0.25, 0.3) is 0 Å². The van der Waals surface area contributed by atoms with Crippen molar-refractivity contribution in [1.29, 1.82) is 0 Å². The minimum Gasteiger partial charge on any atom is -0.493 e. The van der Waals surface area contributed by atoms with Crippen molar-refractivity contribution < 1.29 is 22.3 Å². The second kappa shape index (κ2) is 10.2. The van der Waals surface area contributed by atoms with Gasteiger partial charge in [-0.05, 0) is 74.6 Å². The van der Waals surface area contributed by atoms with Gasteiger partial charge >= 0.3 is 0 Å². The SMILES string of the molecule is Cc1ccc(C)c(OCCCC(=O)NC2CCN(S(=O)(=O)c3ccc(F)cc3)CC2)c1. The van der Waals surface area contributed by atoms with Crippen molar-refractivity contribution in [2.75, 3.05) is 19.7 Å². The van der Waals surface area contributed by atoms with E-state index in [-0.39, 0.29) is 16.8 Å². The molecule has 31 heavy (non-hydrogen) atoms. The minimum atomic E-state index is -3.64. The Hall–Kier alpha value is -2.45. The lowest BCUT2D eigenvalue weighted by atomic mass is 10.1. The van der Waals surface area contributed by atoms with E-state index in [0.717, 1.165) is 29.0 Å². The fourth-order valence-electron chi connectivity index (χ4n) is 3.57. The largest absolute Gasteiger partial charge is 0.493 e. The predicted molar refractivity (Wildman–Crippen MR) is 117 cm³/mol. The zero-order valence-corrected chi connectivity index (χ0v) is 18.8. The highest BCUT2D eigenvalue weighted by molar-refractivity contribution is 7.89. The van der Waals surface area contributed by atoms with Crippen LogP contribution in [-0.4, -0.2) is 44.4 Å². The maximum atomic E-state index is 13.1. The number of rotatable bonds is 8. The molecule has 0 atom stereocenters. The standard InChI is InChI=1S/C23H29FN2O4S/c1-17-5-6-18(2)22(16-17)30-15-3-4-23(27)25-20-11-13-26(14-12-20)31(28,29)21-9-7-19(24)8-10-21/h5-10,16,20H,3-4,11-15H2,1-2H3,(H,25,27). The first-order valence-corrected chi connectivity index (χ1v) is 11.9. The first-order valence-electron chi connectivity index (χ1n) is 10.5. The van der Waals surface area contributed by atoms with E-state index in [1.54, 1.807) is 0 Å². The molecule has 0 unspecified atom stereocenters. The first-order chi connectivity index (χ1) is 14.8. The molecule has 8 heteroatoms. The van der Waals surface area contributed by atoms with Gasteiger partial charge in [0.25, 0.3) is 0 Å². The fraction of sp³-hybridized carbons (Fsp3) is 0.435. The summed E-state index contributed by atoms with van der Waals surface area (Å²) in [5.41, 5.74) is 2.20. The summed E-state index contributed by atoms with van der Waals surface area (Å²) in [6.45, 7) is 5.10. The van der Waals surface area contributed by atoms with Gasteiger partial charge in [-0.1, -0.05) is 12.1 Å². The third-order valence-corrected chi connectivity index (χ3v) is 7.33. The van der Waals surface area contributed by atoms with E-state index >= 15 is 0 Å². The molecule has 3 rings (SSSR count). The van der Waals surface area contributed by atoms with Gasteiger partial charge in [-0.3, -0.25) is 4.79 Å². The zero-order valence-electron chi connectivity index (χ0n) is 17.9. The van der Waals surface area contributed by atoms with Crippen LogP contribution in [0, 0.1) is 19.7 Å². The maximum Gasteiger partial charge on any atom is 0.243 e. The smallest absolute Gasteiger partial charge is 0.243 e. The molecule has 168 valence electrons. The number of halogens is 1. The lowest BCUT2D eigenvalue weighted by molar-refractivity contribution is -0.122. The molecule has 1 fully saturated rings. The van der Waals surface area contributed by atoms with Gasteiger partial charge in [0.2, 0.25) is 15.9 Å². The molecule has 1 saturated heterocycles. The van der Waals surface area contributed by atoms with Crippen LogP contribution in [0.15, 0.2) is 47.4 Å². The number of aryl methyl sites for hydroxylation is 2. The summed E-state index contributed by atoms with van der Waals surface area (Å²) < 4.78 is 45.6. The Kier molecular flexibility index (Phi) is 7.67. The number of sulfonamides is 1. The fourth-order valence-corrected chi connectivity index (χ4v) is 5.04. The summed E-state index contributed by atoms with van der Waals surface area (Å²) >= 11 is 0. The van der Waals surface area contributed by atoms with Crippen molar-refractivity contribution in [3.8, 4) is 5.75 Å². The lowest BCUT2D eigenvalue weighted by Crippen LogP contribution is -2.46. The second-order valence-electron chi connectivity index (χ2n) is 7.92. The van der Waals surface area contributed by atoms with E-state index in [2.05, 4.69) is 5.32 Å². The van der Waals surface area contributed by atoms with Crippen LogP contribution in [0.3, 0.4) is 0 Å². The Morgan fingerprint density at radius 2 is 1.81 bits per heavy atom. The molecule has 0 radical (unpaired) electrons. The summed E-state index contributed by atoms with van der Waals surface area (Å²) in [5, 5.41) is 2.99. The molecule has 1 aliphatic rings. The number of nitrogens with zero attached hydrogens (tertiary/aromatic N) is 1. The highest BCUT2D eigenvalue weighted by Crippen LogP contribution is 2.22. The maximum absolute atomic E-state index is 13.1. The first kappa shape index (κ1) is 23.2. The van der Waals surface area contributed by atoms with Gasteiger partial charge in [-0.15, -0.1) is 0 Å². The quantitative estimate of drug-likeness (QED) is 0.627. The summed E-state index contributed by atoms with van der Waals surface area (Å²) in [5.74, 6) is 0.319. The zero-order chi connectivity index (χ0) is 22.4. The van der Waals surface area contributed by atoms with E-state index in [1.165, 1.54) is 16.4 Å². The average molecular weight is 449 g/mol. The van der Waals surface area contributed by atoms with Crippen LogP contribution in [-0.2, 0) is 14.8 Å². The Morgan fingerprint density at radius 1 is 1.13 bits per heavy atom. The van der Waals surface area contributed by atoms with Gasteiger partial charge in [0, 0.05) is 25.6 Å². The molecule has 0 aliphatic carbocycles. The number of carbonyl (C=O) groups is 1. The lowest BCUT2D eigenvalue weighted by Gasteiger charge is -2.31. The molecule has 0 saturated carbocycles. The third-order valence-electron chi connectivity index (χ3n) is 5.42. The van der Waals surface area contributed by atoms with E-state index in [4.69, 9.17) is 4.74 Å². The molecular formula is C23H29FN2O4S. The number of piperidine rings is 1. The summed E-state index contributed by atoms with van der Waals surface area (Å²) in [7, 11) is -3.64. The number of hydrogen-bond acceptors (Lipinski definition) is 4. The molecule has 0 spiro atoms. The molecule has 0 aromatic heterocycles. The summed E-state index contributed by atoms with van der Waals surface area (Å²) in [6.07, 6.45) is 2.06. The molecule has 2 aromatic rings. The van der Waals surface area contributed by atoms with Crippen LogP contribution in [0.2, 0.25) is 0 Å². The Bertz CT molecular complexity index is 1000. The molecule has 2 aromatic carbocycles. The average Bonchev–Trinajstić information content (AvgIpc) is 2.74. The normalized spacial score (nSPS) is 15.6. The minimum absolute atomic E-state index is 0.0490. The van der Waals surface area contributed by atoms with Crippen molar-refractivity contribution in [1.82, 2.24) is 9.62 Å². The van der Waals surface area contributed by atoms with Crippen molar-refractivity contribution >= 4 is 15.9 Å². The van der Waals surface area contributed by atoms with Crippen molar-refractivity contribution in [3.63, 3.8) is 0 Å². The van der Waals surface area contributed by atoms with Gasteiger partial charge in [0.15, 0.2) is 0 Å². The molecule has 0 bridgehead atoms. The van der Waals surface area contributed by atoms with E-state index < -0.39 is 15.8 Å². The van der Waals surface area contributed by atoms with Gasteiger partial charge in [-0.25, -0.2) is 12.8 Å². The molecule has 1 aliphatic heterocycles. The summed E-state index contributed by atoms with van der Waals surface area (Å²) in [6, 6.07) is 10.8. The number of amides is 1. The summed E-state index contributed by atoms with van der Waals surface area (Å²) in [4.78, 5) is 12.3. The van der Waals surface area contributed by atoms with E-state index in [1.807, 2.05) is 32.0 Å². The van der Waals surface area contributed by atoms with Crippen LogP contribution in [0.5, 0.6) is 5.75 Å². The van der Waals surface area contributed by atoms with Crippen LogP contribution < -0.4 is 10.1 Å². The molecule has 1 N–H and O–H groups in total. The number of ether oxygens (including phenoxy) is 1. The van der Waals surface area contributed by atoms with Crippen molar-refractivity contribution in [3.05, 3.63) is 59.4 Å². The van der Waals surface area contributed by atoms with Gasteiger partial charge in [0.05, 0.1) is 11.5 Å². The molecule has 6 nitrogen and oxygen atoms in total. The van der Waals surface area contributed by atoms with E-state index in [0.29, 0.717) is 45.4 Å². The molecule has 1 amide bonds. The number of carbonyl (C=O) groups excluding carboxylic acids is 1. The van der Waals surface area contributed by atoms with Crippen LogP contribution in [0.4, 0.5) is 4.39 Å². The Morgan fingerprint density at radius 3 is 2.48 bits per heavy atom. The number of benzene rings is 2. The predicted octanol–water partition coefficient (Wildman–Crippen LogP) is 3.57. The van der Waals surface area contributed by atoms with Crippen LogP contribution >= 0.6 is 0 Å². The third kappa shape index (κ3) is 6.27. The second-order valence-corrected chi connectivity index (χ2v) is 9.86. The Balaban J connectivity index is 1.39. The molecule has 1 heterocycles.